The minimum atomic E-state index is 0.518. The van der Waals surface area contributed by atoms with Gasteiger partial charge in [-0.2, -0.15) is 0 Å². The molecular weight excluding hydrogens is 360 g/mol. The van der Waals surface area contributed by atoms with E-state index in [4.69, 9.17) is 21.3 Å². The molecule has 0 radical (unpaired) electrons. The Morgan fingerprint density at radius 2 is 2.07 bits per heavy atom. The van der Waals surface area contributed by atoms with E-state index in [1.165, 1.54) is 12.8 Å². The summed E-state index contributed by atoms with van der Waals surface area (Å²) in [6.45, 7) is 5.04. The van der Waals surface area contributed by atoms with Crippen molar-refractivity contribution in [1.82, 2.24) is 15.6 Å². The maximum atomic E-state index is 5.97. The number of hydrogen-bond donors (Lipinski definition) is 2. The van der Waals surface area contributed by atoms with Gasteiger partial charge in [-0.05, 0) is 49.8 Å². The molecule has 0 spiro atoms. The minimum Gasteiger partial charge on any atom is -0.493 e. The molecule has 6 heteroatoms. The number of rotatable bonds is 9. The molecule has 3 rings (SSSR count). The van der Waals surface area contributed by atoms with Gasteiger partial charge in [-0.25, -0.2) is 9.98 Å². The van der Waals surface area contributed by atoms with Gasteiger partial charge < -0.3 is 15.4 Å². The van der Waals surface area contributed by atoms with Crippen LogP contribution in [0.25, 0.3) is 0 Å². The SMILES string of the molecule is CCNC(=NCc1ccccc1OCC1CC1)NCCc1ccc(Cl)nc1. The van der Waals surface area contributed by atoms with Crippen LogP contribution in [0.15, 0.2) is 47.6 Å². The molecule has 0 aliphatic heterocycles. The summed E-state index contributed by atoms with van der Waals surface area (Å²) in [4.78, 5) is 8.82. The molecule has 0 unspecified atom stereocenters. The predicted molar refractivity (Wildman–Crippen MR) is 110 cm³/mol. The summed E-state index contributed by atoms with van der Waals surface area (Å²) in [5, 5.41) is 7.18. The zero-order valence-corrected chi connectivity index (χ0v) is 16.5. The Morgan fingerprint density at radius 3 is 2.81 bits per heavy atom. The van der Waals surface area contributed by atoms with Crippen molar-refractivity contribution < 1.29 is 4.74 Å². The van der Waals surface area contributed by atoms with Crippen molar-refractivity contribution in [1.29, 1.82) is 0 Å². The lowest BCUT2D eigenvalue weighted by atomic mass is 10.2. The minimum absolute atomic E-state index is 0.518. The van der Waals surface area contributed by atoms with E-state index in [2.05, 4.69) is 28.6 Å². The molecule has 1 fully saturated rings. The summed E-state index contributed by atoms with van der Waals surface area (Å²) >= 11 is 5.83. The van der Waals surface area contributed by atoms with Crippen LogP contribution in [0.1, 0.15) is 30.9 Å². The summed E-state index contributed by atoms with van der Waals surface area (Å²) in [5.74, 6) is 2.48. The van der Waals surface area contributed by atoms with Gasteiger partial charge in [-0.1, -0.05) is 35.9 Å². The lowest BCUT2D eigenvalue weighted by Gasteiger charge is -2.13. The fourth-order valence-electron chi connectivity index (χ4n) is 2.65. The average Bonchev–Trinajstić information content (AvgIpc) is 3.51. The molecule has 0 amide bonds. The van der Waals surface area contributed by atoms with Gasteiger partial charge in [0.05, 0.1) is 13.2 Å². The summed E-state index contributed by atoms with van der Waals surface area (Å²) in [6.07, 6.45) is 5.24. The Morgan fingerprint density at radius 1 is 1.22 bits per heavy atom. The fourth-order valence-corrected chi connectivity index (χ4v) is 2.76. The number of ether oxygens (including phenoxy) is 1. The van der Waals surface area contributed by atoms with Gasteiger partial charge in [0, 0.05) is 24.8 Å². The Bertz CT molecular complexity index is 744. The summed E-state index contributed by atoms with van der Waals surface area (Å²) in [5.41, 5.74) is 2.25. The van der Waals surface area contributed by atoms with E-state index >= 15 is 0 Å². The number of hydrogen-bond acceptors (Lipinski definition) is 3. The smallest absolute Gasteiger partial charge is 0.191 e. The molecular formula is C21H27ClN4O. The quantitative estimate of drug-likeness (QED) is 0.390. The Labute approximate surface area is 166 Å². The highest BCUT2D eigenvalue weighted by Gasteiger charge is 2.22. The molecule has 1 heterocycles. The van der Waals surface area contributed by atoms with E-state index in [0.717, 1.165) is 54.9 Å². The number of aromatic nitrogens is 1. The van der Waals surface area contributed by atoms with Crippen LogP contribution < -0.4 is 15.4 Å². The number of aliphatic imine (C=N–C) groups is 1. The van der Waals surface area contributed by atoms with Crippen molar-refractivity contribution in [2.45, 2.75) is 32.7 Å². The standard InChI is InChI=1S/C21H27ClN4O/c1-2-23-21(24-12-11-16-9-10-20(22)25-13-16)26-14-18-5-3-4-6-19(18)27-15-17-7-8-17/h3-6,9-10,13,17H,2,7-8,11-12,14-15H2,1H3,(H2,23,24,26). The second kappa shape index (κ2) is 10.2. The van der Waals surface area contributed by atoms with Crippen molar-refractivity contribution >= 4 is 17.6 Å². The van der Waals surface area contributed by atoms with Crippen LogP contribution in [-0.4, -0.2) is 30.6 Å². The van der Waals surface area contributed by atoms with Crippen molar-refractivity contribution in [3.63, 3.8) is 0 Å². The van der Waals surface area contributed by atoms with Gasteiger partial charge in [0.2, 0.25) is 0 Å². The third-order valence-corrected chi connectivity index (χ3v) is 4.61. The number of halogens is 1. The second-order valence-electron chi connectivity index (χ2n) is 6.72. The first-order chi connectivity index (χ1) is 13.2. The normalized spacial score (nSPS) is 14.1. The monoisotopic (exact) mass is 386 g/mol. The molecule has 0 saturated heterocycles. The van der Waals surface area contributed by atoms with E-state index in [1.807, 2.05) is 36.5 Å². The highest BCUT2D eigenvalue weighted by Crippen LogP contribution is 2.30. The summed E-state index contributed by atoms with van der Waals surface area (Å²) < 4.78 is 5.97. The first-order valence-electron chi connectivity index (χ1n) is 9.58. The van der Waals surface area contributed by atoms with Crippen LogP contribution in [0.2, 0.25) is 5.15 Å². The number of para-hydroxylation sites is 1. The summed E-state index contributed by atoms with van der Waals surface area (Å²) in [7, 11) is 0. The number of benzene rings is 1. The van der Waals surface area contributed by atoms with Crippen LogP contribution in [0.4, 0.5) is 0 Å². The van der Waals surface area contributed by atoms with Gasteiger partial charge in [-0.3, -0.25) is 0 Å². The Hall–Kier alpha value is -2.27. The molecule has 1 aromatic carbocycles. The van der Waals surface area contributed by atoms with Crippen LogP contribution in [0, 0.1) is 5.92 Å². The van der Waals surface area contributed by atoms with Crippen LogP contribution in [0.3, 0.4) is 0 Å². The first-order valence-corrected chi connectivity index (χ1v) is 9.95. The van der Waals surface area contributed by atoms with E-state index < -0.39 is 0 Å². The Balaban J connectivity index is 1.54. The lowest BCUT2D eigenvalue weighted by molar-refractivity contribution is 0.297. The molecule has 27 heavy (non-hydrogen) atoms. The van der Waals surface area contributed by atoms with Crippen molar-refractivity contribution in [3.05, 3.63) is 58.9 Å². The zero-order valence-electron chi connectivity index (χ0n) is 15.7. The molecule has 5 nitrogen and oxygen atoms in total. The largest absolute Gasteiger partial charge is 0.493 e. The maximum Gasteiger partial charge on any atom is 0.191 e. The van der Waals surface area contributed by atoms with Crippen molar-refractivity contribution in [2.24, 2.45) is 10.9 Å². The first kappa shape index (κ1) is 19.5. The van der Waals surface area contributed by atoms with Gasteiger partial charge in [0.15, 0.2) is 5.96 Å². The van der Waals surface area contributed by atoms with Crippen molar-refractivity contribution in [3.8, 4) is 5.75 Å². The number of guanidine groups is 1. The van der Waals surface area contributed by atoms with Gasteiger partial charge in [-0.15, -0.1) is 0 Å². The lowest BCUT2D eigenvalue weighted by Crippen LogP contribution is -2.38. The highest BCUT2D eigenvalue weighted by atomic mass is 35.5. The number of nitrogens with zero attached hydrogens (tertiary/aromatic N) is 2. The number of nitrogens with one attached hydrogen (secondary N) is 2. The molecule has 2 N–H and O–H groups in total. The summed E-state index contributed by atoms with van der Waals surface area (Å²) in [6, 6.07) is 12.0. The molecule has 0 bridgehead atoms. The molecule has 144 valence electrons. The molecule has 1 aliphatic rings. The van der Waals surface area contributed by atoms with Crippen LogP contribution in [0.5, 0.6) is 5.75 Å². The van der Waals surface area contributed by atoms with Crippen molar-refractivity contribution in [2.75, 3.05) is 19.7 Å². The maximum absolute atomic E-state index is 5.97. The molecule has 1 saturated carbocycles. The van der Waals surface area contributed by atoms with E-state index in [1.54, 1.807) is 0 Å². The predicted octanol–water partition coefficient (Wildman–Crippen LogP) is 3.82. The fraction of sp³-hybridized carbons (Fsp3) is 0.429. The molecule has 2 aromatic rings. The van der Waals surface area contributed by atoms with E-state index in [9.17, 15) is 0 Å². The number of pyridine rings is 1. The average molecular weight is 387 g/mol. The van der Waals surface area contributed by atoms with Gasteiger partial charge in [0.1, 0.15) is 10.9 Å². The van der Waals surface area contributed by atoms with E-state index in [0.29, 0.717) is 11.7 Å². The Kier molecular flexibility index (Phi) is 7.34. The van der Waals surface area contributed by atoms with Crippen LogP contribution >= 0.6 is 11.6 Å². The van der Waals surface area contributed by atoms with E-state index in [-0.39, 0.29) is 0 Å². The second-order valence-corrected chi connectivity index (χ2v) is 7.11. The zero-order chi connectivity index (χ0) is 18.9. The molecule has 0 atom stereocenters. The molecule has 1 aliphatic carbocycles. The topological polar surface area (TPSA) is 58.5 Å². The third-order valence-electron chi connectivity index (χ3n) is 4.39. The highest BCUT2D eigenvalue weighted by molar-refractivity contribution is 6.29. The molecule has 1 aromatic heterocycles. The van der Waals surface area contributed by atoms with Gasteiger partial charge in [0.25, 0.3) is 0 Å². The third kappa shape index (κ3) is 6.75. The van der Waals surface area contributed by atoms with Gasteiger partial charge >= 0.3 is 0 Å². The van der Waals surface area contributed by atoms with Crippen LogP contribution in [-0.2, 0) is 13.0 Å².